The molecule has 0 radical (unpaired) electrons. The molecule has 1 aromatic carbocycles. The van der Waals surface area contributed by atoms with E-state index >= 15 is 0 Å². The van der Waals surface area contributed by atoms with Crippen LogP contribution in [-0.2, 0) is 6.54 Å². The number of benzene rings is 1. The molecule has 1 heterocycles. The summed E-state index contributed by atoms with van der Waals surface area (Å²) in [7, 11) is 0. The van der Waals surface area contributed by atoms with E-state index in [1.807, 2.05) is 0 Å². The summed E-state index contributed by atoms with van der Waals surface area (Å²) in [6, 6.07) is 10.4. The maximum Gasteiger partial charge on any atom is 0.251 e. The molecule has 0 bridgehead atoms. The van der Waals surface area contributed by atoms with E-state index in [1.54, 1.807) is 42.7 Å². The van der Waals surface area contributed by atoms with Gasteiger partial charge in [-0.1, -0.05) is 0 Å². The van der Waals surface area contributed by atoms with E-state index in [2.05, 4.69) is 10.6 Å². The number of rotatable bonds is 7. The van der Waals surface area contributed by atoms with Crippen molar-refractivity contribution in [2.45, 2.75) is 12.6 Å². The predicted molar refractivity (Wildman–Crippen MR) is 77.9 cm³/mol. The Hall–Kier alpha value is -2.31. The molecular weight excluding hydrogens is 272 g/mol. The first kappa shape index (κ1) is 15.1. The zero-order valence-electron chi connectivity index (χ0n) is 11.5. The Balaban J connectivity index is 1.84. The summed E-state index contributed by atoms with van der Waals surface area (Å²) in [6.07, 6.45) is 0.754. The Morgan fingerprint density at radius 2 is 2.00 bits per heavy atom. The molecule has 0 aliphatic rings. The number of carbonyl (C=O) groups is 1. The monoisotopic (exact) mass is 290 g/mol. The molecule has 0 aliphatic heterocycles. The average molecular weight is 290 g/mol. The van der Waals surface area contributed by atoms with E-state index in [0.717, 1.165) is 5.69 Å². The molecule has 0 saturated carbocycles. The molecule has 6 heteroatoms. The molecule has 1 aromatic heterocycles. The number of furan rings is 1. The average Bonchev–Trinajstić information content (AvgIpc) is 3.04. The molecular formula is C15H18N2O4. The molecule has 112 valence electrons. The molecule has 0 aliphatic carbocycles. The number of carbonyl (C=O) groups excluding carboxylic acids is 1. The molecule has 0 spiro atoms. The lowest BCUT2D eigenvalue weighted by molar-refractivity contribution is 0.0948. The van der Waals surface area contributed by atoms with E-state index < -0.39 is 6.10 Å². The SMILES string of the molecule is O=C(NCc1ccco1)c1ccc(NCC(O)CO)cc1. The normalized spacial score (nSPS) is 11.9. The number of aliphatic hydroxyl groups excluding tert-OH is 2. The zero-order chi connectivity index (χ0) is 15.1. The Morgan fingerprint density at radius 3 is 2.62 bits per heavy atom. The largest absolute Gasteiger partial charge is 0.467 e. The van der Waals surface area contributed by atoms with E-state index in [4.69, 9.17) is 9.52 Å². The number of anilines is 1. The van der Waals surface area contributed by atoms with Crippen LogP contribution in [0.15, 0.2) is 47.1 Å². The molecule has 2 rings (SSSR count). The fraction of sp³-hybridized carbons (Fsp3) is 0.267. The summed E-state index contributed by atoms with van der Waals surface area (Å²) in [5, 5.41) is 23.7. The van der Waals surface area contributed by atoms with Gasteiger partial charge in [-0.2, -0.15) is 0 Å². The predicted octanol–water partition coefficient (Wildman–Crippen LogP) is 0.975. The molecule has 0 saturated heterocycles. The second kappa shape index (κ2) is 7.47. The van der Waals surface area contributed by atoms with Gasteiger partial charge >= 0.3 is 0 Å². The highest BCUT2D eigenvalue weighted by atomic mass is 16.3. The van der Waals surface area contributed by atoms with Crippen LogP contribution in [0.1, 0.15) is 16.1 Å². The van der Waals surface area contributed by atoms with Gasteiger partial charge in [-0.05, 0) is 36.4 Å². The molecule has 1 atom stereocenters. The van der Waals surface area contributed by atoms with Crippen molar-refractivity contribution in [3.63, 3.8) is 0 Å². The zero-order valence-corrected chi connectivity index (χ0v) is 11.5. The van der Waals surface area contributed by atoms with Crippen LogP contribution in [0.2, 0.25) is 0 Å². The van der Waals surface area contributed by atoms with Crippen LogP contribution in [0.5, 0.6) is 0 Å². The Morgan fingerprint density at radius 1 is 1.24 bits per heavy atom. The van der Waals surface area contributed by atoms with Crippen molar-refractivity contribution in [2.24, 2.45) is 0 Å². The summed E-state index contributed by atoms with van der Waals surface area (Å²) in [5.41, 5.74) is 1.31. The first-order valence-corrected chi connectivity index (χ1v) is 6.62. The third-order valence-corrected chi connectivity index (χ3v) is 2.90. The number of aliphatic hydroxyl groups is 2. The smallest absolute Gasteiger partial charge is 0.251 e. The van der Waals surface area contributed by atoms with Gasteiger partial charge in [-0.25, -0.2) is 0 Å². The minimum absolute atomic E-state index is 0.187. The van der Waals surface area contributed by atoms with Crippen molar-refractivity contribution in [1.29, 1.82) is 0 Å². The summed E-state index contributed by atoms with van der Waals surface area (Å²) in [5.74, 6) is 0.507. The summed E-state index contributed by atoms with van der Waals surface area (Å²) < 4.78 is 5.14. The standard InChI is InChI=1S/C15H18N2O4/c18-10-13(19)8-16-12-5-3-11(4-6-12)15(20)17-9-14-2-1-7-21-14/h1-7,13,16,18-19H,8-10H2,(H,17,20). The van der Waals surface area contributed by atoms with Crippen LogP contribution in [-0.4, -0.2) is 35.4 Å². The Bertz CT molecular complexity index is 552. The second-order valence-electron chi connectivity index (χ2n) is 4.56. The minimum atomic E-state index is -0.804. The van der Waals surface area contributed by atoms with Crippen molar-refractivity contribution in [3.05, 3.63) is 54.0 Å². The second-order valence-corrected chi connectivity index (χ2v) is 4.56. The quantitative estimate of drug-likeness (QED) is 0.609. The summed E-state index contributed by atoms with van der Waals surface area (Å²) in [4.78, 5) is 11.9. The summed E-state index contributed by atoms with van der Waals surface area (Å²) in [6.45, 7) is 0.301. The minimum Gasteiger partial charge on any atom is -0.467 e. The van der Waals surface area contributed by atoms with E-state index in [9.17, 15) is 9.90 Å². The molecule has 1 amide bonds. The Labute approximate surface area is 122 Å². The highest BCUT2D eigenvalue weighted by Crippen LogP contribution is 2.10. The van der Waals surface area contributed by atoms with Crippen molar-refractivity contribution in [3.8, 4) is 0 Å². The fourth-order valence-electron chi connectivity index (χ4n) is 1.72. The number of amides is 1. The lowest BCUT2D eigenvalue weighted by atomic mass is 10.2. The van der Waals surface area contributed by atoms with Gasteiger partial charge in [0.05, 0.1) is 25.5 Å². The molecule has 4 N–H and O–H groups in total. The van der Waals surface area contributed by atoms with Crippen LogP contribution in [0.3, 0.4) is 0 Å². The van der Waals surface area contributed by atoms with Crippen LogP contribution >= 0.6 is 0 Å². The highest BCUT2D eigenvalue weighted by molar-refractivity contribution is 5.94. The van der Waals surface area contributed by atoms with Crippen LogP contribution in [0, 0.1) is 0 Å². The third kappa shape index (κ3) is 4.62. The van der Waals surface area contributed by atoms with Crippen LogP contribution in [0.4, 0.5) is 5.69 Å². The van der Waals surface area contributed by atoms with Gasteiger partial charge in [-0.3, -0.25) is 4.79 Å². The maximum absolute atomic E-state index is 11.9. The third-order valence-electron chi connectivity index (χ3n) is 2.90. The van der Waals surface area contributed by atoms with Crippen molar-refractivity contribution >= 4 is 11.6 Å². The van der Waals surface area contributed by atoms with Crippen LogP contribution < -0.4 is 10.6 Å². The van der Waals surface area contributed by atoms with Crippen molar-refractivity contribution < 1.29 is 19.4 Å². The van der Waals surface area contributed by atoms with E-state index in [-0.39, 0.29) is 19.1 Å². The first-order valence-electron chi connectivity index (χ1n) is 6.62. The highest BCUT2D eigenvalue weighted by Gasteiger charge is 2.06. The molecule has 0 fully saturated rings. The topological polar surface area (TPSA) is 94.7 Å². The first-order chi connectivity index (χ1) is 10.2. The maximum atomic E-state index is 11.9. The van der Waals surface area contributed by atoms with Gasteiger partial charge in [0, 0.05) is 17.8 Å². The number of nitrogens with one attached hydrogen (secondary N) is 2. The summed E-state index contributed by atoms with van der Waals surface area (Å²) >= 11 is 0. The van der Waals surface area contributed by atoms with Crippen molar-refractivity contribution in [2.75, 3.05) is 18.5 Å². The molecule has 1 unspecified atom stereocenters. The number of hydrogen-bond acceptors (Lipinski definition) is 5. The van der Waals surface area contributed by atoms with Gasteiger partial charge in [0.2, 0.25) is 0 Å². The van der Waals surface area contributed by atoms with Gasteiger partial charge in [0.15, 0.2) is 0 Å². The lowest BCUT2D eigenvalue weighted by Gasteiger charge is -2.10. The van der Waals surface area contributed by atoms with Crippen molar-refractivity contribution in [1.82, 2.24) is 5.32 Å². The van der Waals surface area contributed by atoms with E-state index in [1.165, 1.54) is 0 Å². The lowest BCUT2D eigenvalue weighted by Crippen LogP contribution is -2.23. The Kier molecular flexibility index (Phi) is 5.36. The fourth-order valence-corrected chi connectivity index (χ4v) is 1.72. The van der Waals surface area contributed by atoms with Gasteiger partial charge in [0.1, 0.15) is 5.76 Å². The molecule has 21 heavy (non-hydrogen) atoms. The molecule has 6 nitrogen and oxygen atoms in total. The van der Waals surface area contributed by atoms with Crippen LogP contribution in [0.25, 0.3) is 0 Å². The van der Waals surface area contributed by atoms with Gasteiger partial charge < -0.3 is 25.3 Å². The number of hydrogen-bond donors (Lipinski definition) is 4. The van der Waals surface area contributed by atoms with E-state index in [0.29, 0.717) is 17.9 Å². The van der Waals surface area contributed by atoms with Gasteiger partial charge in [-0.15, -0.1) is 0 Å². The van der Waals surface area contributed by atoms with Gasteiger partial charge in [0.25, 0.3) is 5.91 Å². The molecule has 2 aromatic rings.